The van der Waals surface area contributed by atoms with Crippen molar-refractivity contribution < 1.29 is 16.6 Å². The molecule has 4 heteroatoms. The molecule has 24 valence electrons. The molecule has 0 aromatic carbocycles. The second-order valence-electron chi connectivity index (χ2n) is 0.0833. The van der Waals surface area contributed by atoms with Crippen LogP contribution in [0.3, 0.4) is 0 Å². The van der Waals surface area contributed by atoms with Gasteiger partial charge in [-0.05, 0) is 24.4 Å². The molecule has 0 aliphatic carbocycles. The van der Waals surface area contributed by atoms with Gasteiger partial charge >= 0.3 is 26.7 Å². The molecule has 0 heterocycles. The van der Waals surface area contributed by atoms with E-state index in [1.165, 1.54) is 0 Å². The molecule has 0 aromatic heterocycles. The van der Waals surface area contributed by atoms with Crippen LogP contribution in [0.25, 0.3) is 0 Å². The van der Waals surface area contributed by atoms with Gasteiger partial charge in [-0.2, -0.15) is 0 Å². The Labute approximate surface area is 55.2 Å². The Morgan fingerprint density at radius 3 is 1.20 bits per heavy atom. The van der Waals surface area contributed by atoms with Crippen molar-refractivity contribution >= 4 is 38.9 Å². The molecular weight excluding hydrogens is 174 g/mol. The first kappa shape index (κ1) is 9.42. The van der Waals surface area contributed by atoms with E-state index in [0.717, 1.165) is 16.6 Å². The number of thiocarbonyl (C=S) groups is 2. The van der Waals surface area contributed by atoms with Gasteiger partial charge in [0, 0.05) is 4.31 Å². The van der Waals surface area contributed by atoms with Gasteiger partial charge in [0.2, 0.25) is 0 Å². The predicted molar refractivity (Wildman–Crippen MR) is 27.8 cm³/mol. The Kier molecular flexibility index (Phi) is 37.0. The third-order valence-corrected chi connectivity index (χ3v) is 0. The van der Waals surface area contributed by atoms with Crippen molar-refractivity contribution in [3.05, 3.63) is 0 Å². The SMILES string of the molecule is S=C=S.[S]=[Zn]. The summed E-state index contributed by atoms with van der Waals surface area (Å²) >= 11 is 8.88. The third kappa shape index (κ3) is 42.0. The van der Waals surface area contributed by atoms with E-state index in [-0.39, 0.29) is 0 Å². The van der Waals surface area contributed by atoms with Crippen LogP contribution in [0.1, 0.15) is 0 Å². The van der Waals surface area contributed by atoms with E-state index >= 15 is 0 Å². The Bertz CT molecular complexity index is 36.2. The Morgan fingerprint density at radius 1 is 1.20 bits per heavy atom. The molecule has 0 aliphatic heterocycles. The average Bonchev–Trinajstić information content (AvgIpc) is 1.46. The molecule has 0 fully saturated rings. The molecule has 0 aliphatic rings. The second kappa shape index (κ2) is 19.6. The van der Waals surface area contributed by atoms with Crippen molar-refractivity contribution in [2.45, 2.75) is 0 Å². The Hall–Kier alpha value is 1.06. The van der Waals surface area contributed by atoms with Crippen LogP contribution >= 0.6 is 34.5 Å². The molecule has 0 aromatic rings. The van der Waals surface area contributed by atoms with Crippen molar-refractivity contribution in [2.24, 2.45) is 0 Å². The molecule has 0 atom stereocenters. The molecule has 0 unspecified atom stereocenters. The maximum absolute atomic E-state index is 4.21. The summed E-state index contributed by atoms with van der Waals surface area (Å²) in [5.41, 5.74) is 0. The summed E-state index contributed by atoms with van der Waals surface area (Å²) in [5, 5.41) is 0. The van der Waals surface area contributed by atoms with Crippen LogP contribution < -0.4 is 0 Å². The normalized spacial score (nSPS) is 2.80. The topological polar surface area (TPSA) is 0 Å². The zero-order chi connectivity index (χ0) is 4.71. The fourth-order valence-corrected chi connectivity index (χ4v) is 0. The summed E-state index contributed by atoms with van der Waals surface area (Å²) < 4.78 is 1.92. The fourth-order valence-electron chi connectivity index (χ4n) is 0. The summed E-state index contributed by atoms with van der Waals surface area (Å²) in [7, 11) is 4.21. The van der Waals surface area contributed by atoms with E-state index in [1.54, 1.807) is 0 Å². The van der Waals surface area contributed by atoms with Crippen molar-refractivity contribution in [1.29, 1.82) is 0 Å². The molecule has 0 radical (unpaired) electrons. The average molecular weight is 174 g/mol. The molecule has 0 rings (SSSR count). The quantitative estimate of drug-likeness (QED) is 0.404. The molecule has 0 nitrogen and oxygen atoms in total. The zero-order valence-electron chi connectivity index (χ0n) is 2.43. The van der Waals surface area contributed by atoms with Crippen molar-refractivity contribution in [2.75, 3.05) is 0 Å². The number of hydrogen-bond donors (Lipinski definition) is 0. The van der Waals surface area contributed by atoms with Crippen molar-refractivity contribution in [3.8, 4) is 0 Å². The molecule has 0 N–H and O–H groups in total. The van der Waals surface area contributed by atoms with Gasteiger partial charge in [0.05, 0.1) is 0 Å². The predicted octanol–water partition coefficient (Wildman–Crippen LogP) is 1.66. The minimum absolute atomic E-state index is 0.958. The minimum atomic E-state index is 0.958. The summed E-state index contributed by atoms with van der Waals surface area (Å²) in [6.07, 6.45) is 0. The fraction of sp³-hybridized carbons (Fsp3) is 0. The Balaban J connectivity index is 0. The third-order valence-electron chi connectivity index (χ3n) is 0. The first-order valence-electron chi connectivity index (χ1n) is 0.697. The summed E-state index contributed by atoms with van der Waals surface area (Å²) in [5.74, 6) is 0. The molecule has 0 spiro atoms. The monoisotopic (exact) mass is 172 g/mol. The molecule has 5 heavy (non-hydrogen) atoms. The van der Waals surface area contributed by atoms with E-state index in [4.69, 9.17) is 0 Å². The van der Waals surface area contributed by atoms with Gasteiger partial charge in [-0.1, -0.05) is 0 Å². The molecule has 0 saturated carbocycles. The number of hydrogen-bond acceptors (Lipinski definition) is 3. The van der Waals surface area contributed by atoms with E-state index < -0.39 is 0 Å². The van der Waals surface area contributed by atoms with Gasteiger partial charge in [0.15, 0.2) is 0 Å². The standard InChI is InChI=1S/CS2.S.Zn/c2-1-3;;. The van der Waals surface area contributed by atoms with Gasteiger partial charge in [0.25, 0.3) is 0 Å². The van der Waals surface area contributed by atoms with E-state index in [9.17, 15) is 0 Å². The van der Waals surface area contributed by atoms with Gasteiger partial charge in [-0.25, -0.2) is 0 Å². The number of rotatable bonds is 0. The van der Waals surface area contributed by atoms with Gasteiger partial charge in [0.1, 0.15) is 0 Å². The summed E-state index contributed by atoms with van der Waals surface area (Å²) in [4.78, 5) is 0. The summed E-state index contributed by atoms with van der Waals surface area (Å²) in [6, 6.07) is 0. The van der Waals surface area contributed by atoms with Crippen LogP contribution in [0.4, 0.5) is 0 Å². The van der Waals surface area contributed by atoms with E-state index in [0.29, 0.717) is 0 Å². The molecule has 0 amide bonds. The van der Waals surface area contributed by atoms with Crippen LogP contribution in [0, 0.1) is 0 Å². The van der Waals surface area contributed by atoms with Crippen LogP contribution in [-0.2, 0) is 16.6 Å². The zero-order valence-corrected chi connectivity index (χ0v) is 7.85. The first-order valence-corrected chi connectivity index (χ1v) is 5.72. The maximum atomic E-state index is 4.21. The van der Waals surface area contributed by atoms with Gasteiger partial charge in [-0.3, -0.25) is 0 Å². The van der Waals surface area contributed by atoms with Gasteiger partial charge in [-0.15, -0.1) is 0 Å². The molecule has 0 bridgehead atoms. The van der Waals surface area contributed by atoms with Crippen LogP contribution in [0.15, 0.2) is 0 Å². The molecule has 0 saturated heterocycles. The Morgan fingerprint density at radius 2 is 1.20 bits per heavy atom. The molecular formula is CS3Zn. The van der Waals surface area contributed by atoms with E-state index in [2.05, 4.69) is 34.5 Å². The van der Waals surface area contributed by atoms with Crippen LogP contribution in [0.2, 0.25) is 0 Å². The van der Waals surface area contributed by atoms with Crippen LogP contribution in [-0.4, -0.2) is 4.31 Å². The van der Waals surface area contributed by atoms with Crippen LogP contribution in [0.5, 0.6) is 0 Å². The van der Waals surface area contributed by atoms with Crippen molar-refractivity contribution in [1.82, 2.24) is 0 Å². The van der Waals surface area contributed by atoms with Crippen molar-refractivity contribution in [3.63, 3.8) is 0 Å². The van der Waals surface area contributed by atoms with Gasteiger partial charge < -0.3 is 0 Å². The first-order chi connectivity index (χ1) is 2.41. The summed E-state index contributed by atoms with van der Waals surface area (Å²) in [6.45, 7) is 0. The van der Waals surface area contributed by atoms with E-state index in [1.807, 2.05) is 4.31 Å². The second-order valence-corrected chi connectivity index (χ2v) is 0.750.